The average Bonchev–Trinajstić information content (AvgIpc) is 2.38. The number of rotatable bonds is 5. The molecule has 0 radical (unpaired) electrons. The number of para-hydroxylation sites is 1. The summed E-state index contributed by atoms with van der Waals surface area (Å²) >= 11 is 0. The first-order chi connectivity index (χ1) is 10.7. The van der Waals surface area contributed by atoms with Crippen LogP contribution in [0.2, 0.25) is 0 Å². The number of carbonyl (C=O) groups excluding carboxylic acids is 1. The molecule has 4 heteroatoms. The van der Waals surface area contributed by atoms with E-state index in [2.05, 4.69) is 30.5 Å². The van der Waals surface area contributed by atoms with Crippen LogP contribution in [0, 0.1) is 11.8 Å². The van der Waals surface area contributed by atoms with Gasteiger partial charge in [-0.2, -0.15) is 0 Å². The third-order valence-corrected chi connectivity index (χ3v) is 4.32. The standard InChI is InChI=1S/C19H30N2O2/c1-13(2)15-10-16(11-15)21-17-9-7-6-8-14(17)12-20-18(22)23-19(3,4)5/h6-9,13,15-16,21H,10-12H2,1-5H3,(H,20,22). The molecular weight excluding hydrogens is 288 g/mol. The minimum Gasteiger partial charge on any atom is -0.444 e. The predicted octanol–water partition coefficient (Wildman–Crippen LogP) is 4.56. The van der Waals surface area contributed by atoms with Crippen molar-refractivity contribution in [2.45, 2.75) is 65.6 Å². The van der Waals surface area contributed by atoms with Crippen LogP contribution < -0.4 is 10.6 Å². The van der Waals surface area contributed by atoms with Gasteiger partial charge in [0.2, 0.25) is 0 Å². The summed E-state index contributed by atoms with van der Waals surface area (Å²) in [6, 6.07) is 8.69. The molecule has 1 saturated carbocycles. The Morgan fingerprint density at radius 1 is 1.26 bits per heavy atom. The van der Waals surface area contributed by atoms with Gasteiger partial charge in [-0.1, -0.05) is 32.0 Å². The van der Waals surface area contributed by atoms with Crippen molar-refractivity contribution < 1.29 is 9.53 Å². The molecule has 1 aromatic rings. The molecule has 1 aromatic carbocycles. The fourth-order valence-electron chi connectivity index (χ4n) is 2.84. The van der Waals surface area contributed by atoms with Crippen LogP contribution in [0.15, 0.2) is 24.3 Å². The van der Waals surface area contributed by atoms with Crippen LogP contribution in [0.25, 0.3) is 0 Å². The Kier molecular flexibility index (Phi) is 5.55. The van der Waals surface area contributed by atoms with E-state index in [1.807, 2.05) is 39.0 Å². The number of carbonyl (C=O) groups is 1. The molecule has 23 heavy (non-hydrogen) atoms. The Balaban J connectivity index is 1.87. The minimum absolute atomic E-state index is 0.379. The summed E-state index contributed by atoms with van der Waals surface area (Å²) in [6.45, 7) is 10.6. The van der Waals surface area contributed by atoms with E-state index >= 15 is 0 Å². The van der Waals surface area contributed by atoms with Crippen LogP contribution in [0.1, 0.15) is 53.0 Å². The maximum atomic E-state index is 11.8. The smallest absolute Gasteiger partial charge is 0.407 e. The van der Waals surface area contributed by atoms with E-state index in [1.54, 1.807) is 0 Å². The van der Waals surface area contributed by atoms with E-state index in [9.17, 15) is 4.79 Å². The zero-order chi connectivity index (χ0) is 17.0. The molecule has 4 nitrogen and oxygen atoms in total. The van der Waals surface area contributed by atoms with Crippen LogP contribution in [-0.4, -0.2) is 17.7 Å². The third kappa shape index (κ3) is 5.45. The lowest BCUT2D eigenvalue weighted by Gasteiger charge is -2.39. The number of benzene rings is 1. The third-order valence-electron chi connectivity index (χ3n) is 4.32. The first-order valence-electron chi connectivity index (χ1n) is 8.56. The second kappa shape index (κ2) is 7.24. The van der Waals surface area contributed by atoms with E-state index in [-0.39, 0.29) is 6.09 Å². The number of alkyl carbamates (subject to hydrolysis) is 1. The molecule has 2 N–H and O–H groups in total. The fourth-order valence-corrected chi connectivity index (χ4v) is 2.84. The molecule has 0 spiro atoms. The van der Waals surface area contributed by atoms with E-state index in [4.69, 9.17) is 4.74 Å². The zero-order valence-electron chi connectivity index (χ0n) is 15.0. The summed E-state index contributed by atoms with van der Waals surface area (Å²) in [6.07, 6.45) is 2.08. The molecule has 1 amide bonds. The number of anilines is 1. The monoisotopic (exact) mass is 318 g/mol. The summed E-state index contributed by atoms with van der Waals surface area (Å²) in [5.41, 5.74) is 1.72. The summed E-state index contributed by atoms with van der Waals surface area (Å²) in [5.74, 6) is 1.59. The quantitative estimate of drug-likeness (QED) is 0.837. The molecule has 0 bridgehead atoms. The van der Waals surface area contributed by atoms with Crippen LogP contribution >= 0.6 is 0 Å². The lowest BCUT2D eigenvalue weighted by molar-refractivity contribution is 0.0523. The molecule has 0 aliphatic heterocycles. The van der Waals surface area contributed by atoms with Crippen LogP contribution in [0.5, 0.6) is 0 Å². The Labute approximate surface area is 140 Å². The second-order valence-electron chi connectivity index (χ2n) is 7.83. The first-order valence-corrected chi connectivity index (χ1v) is 8.56. The van der Waals surface area contributed by atoms with Gasteiger partial charge in [0, 0.05) is 18.3 Å². The van der Waals surface area contributed by atoms with Gasteiger partial charge in [0.05, 0.1) is 0 Å². The fraction of sp³-hybridized carbons (Fsp3) is 0.632. The number of amides is 1. The normalized spacial score (nSPS) is 20.8. The van der Waals surface area contributed by atoms with Crippen LogP contribution in [0.3, 0.4) is 0 Å². The van der Waals surface area contributed by atoms with Gasteiger partial charge in [0.1, 0.15) is 5.60 Å². The molecular formula is C19H30N2O2. The van der Waals surface area contributed by atoms with E-state index in [0.29, 0.717) is 12.6 Å². The van der Waals surface area contributed by atoms with E-state index < -0.39 is 5.60 Å². The number of hydrogen-bond donors (Lipinski definition) is 2. The number of hydrogen-bond acceptors (Lipinski definition) is 3. The summed E-state index contributed by atoms with van der Waals surface area (Å²) in [7, 11) is 0. The minimum atomic E-state index is -0.473. The topological polar surface area (TPSA) is 50.4 Å². The second-order valence-corrected chi connectivity index (χ2v) is 7.83. The van der Waals surface area contributed by atoms with Gasteiger partial charge in [-0.25, -0.2) is 4.79 Å². The average molecular weight is 318 g/mol. The zero-order valence-corrected chi connectivity index (χ0v) is 15.0. The lowest BCUT2D eigenvalue weighted by atomic mass is 9.73. The van der Waals surface area contributed by atoms with Crippen molar-refractivity contribution in [3.63, 3.8) is 0 Å². The van der Waals surface area contributed by atoms with Crippen molar-refractivity contribution in [2.24, 2.45) is 11.8 Å². The van der Waals surface area contributed by atoms with Crippen LogP contribution in [0.4, 0.5) is 10.5 Å². The molecule has 0 atom stereocenters. The van der Waals surface area contributed by atoms with Crippen molar-refractivity contribution in [3.8, 4) is 0 Å². The van der Waals surface area contributed by atoms with Crippen molar-refractivity contribution in [1.29, 1.82) is 0 Å². The Morgan fingerprint density at radius 2 is 1.91 bits per heavy atom. The SMILES string of the molecule is CC(C)C1CC(Nc2ccccc2CNC(=O)OC(C)(C)C)C1. The van der Waals surface area contributed by atoms with Gasteiger partial charge in [0.15, 0.2) is 0 Å². The van der Waals surface area contributed by atoms with Crippen molar-refractivity contribution >= 4 is 11.8 Å². The highest BCUT2D eigenvalue weighted by molar-refractivity contribution is 5.68. The molecule has 1 aliphatic carbocycles. The van der Waals surface area contributed by atoms with Gasteiger partial charge in [-0.3, -0.25) is 0 Å². The van der Waals surface area contributed by atoms with Gasteiger partial charge in [-0.15, -0.1) is 0 Å². The summed E-state index contributed by atoms with van der Waals surface area (Å²) in [5, 5.41) is 6.44. The molecule has 0 heterocycles. The number of nitrogens with one attached hydrogen (secondary N) is 2. The Bertz CT molecular complexity index is 528. The van der Waals surface area contributed by atoms with Gasteiger partial charge >= 0.3 is 6.09 Å². The summed E-state index contributed by atoms with van der Waals surface area (Å²) in [4.78, 5) is 11.8. The largest absolute Gasteiger partial charge is 0.444 e. The number of ether oxygens (including phenoxy) is 1. The molecule has 2 rings (SSSR count). The highest BCUT2D eigenvalue weighted by Crippen LogP contribution is 2.36. The predicted molar refractivity (Wildman–Crippen MR) is 94.5 cm³/mol. The maximum Gasteiger partial charge on any atom is 0.407 e. The Hall–Kier alpha value is -1.71. The van der Waals surface area contributed by atoms with Gasteiger partial charge in [-0.05, 0) is 57.1 Å². The molecule has 0 aromatic heterocycles. The first kappa shape index (κ1) is 17.6. The molecule has 1 aliphatic rings. The van der Waals surface area contributed by atoms with Crippen molar-refractivity contribution in [1.82, 2.24) is 5.32 Å². The molecule has 1 fully saturated rings. The van der Waals surface area contributed by atoms with Gasteiger partial charge < -0.3 is 15.4 Å². The molecule has 128 valence electrons. The summed E-state index contributed by atoms with van der Waals surface area (Å²) < 4.78 is 5.28. The van der Waals surface area contributed by atoms with Crippen molar-refractivity contribution in [3.05, 3.63) is 29.8 Å². The van der Waals surface area contributed by atoms with E-state index in [0.717, 1.165) is 23.1 Å². The van der Waals surface area contributed by atoms with Crippen molar-refractivity contribution in [2.75, 3.05) is 5.32 Å². The lowest BCUT2D eigenvalue weighted by Crippen LogP contribution is -2.38. The molecule has 0 unspecified atom stereocenters. The van der Waals surface area contributed by atoms with Gasteiger partial charge in [0.25, 0.3) is 0 Å². The highest BCUT2D eigenvalue weighted by atomic mass is 16.6. The Morgan fingerprint density at radius 3 is 2.52 bits per heavy atom. The van der Waals surface area contributed by atoms with E-state index in [1.165, 1.54) is 12.8 Å². The molecule has 0 saturated heterocycles. The van der Waals surface area contributed by atoms with Crippen LogP contribution in [-0.2, 0) is 11.3 Å². The highest BCUT2D eigenvalue weighted by Gasteiger charge is 2.31. The maximum absolute atomic E-state index is 11.8.